The van der Waals surface area contributed by atoms with Crippen molar-refractivity contribution in [2.24, 2.45) is 5.92 Å². The number of para-hydroxylation sites is 2. The van der Waals surface area contributed by atoms with Crippen LogP contribution in [0.3, 0.4) is 0 Å². The molecule has 168 valence electrons. The first kappa shape index (κ1) is 21.8. The van der Waals surface area contributed by atoms with Gasteiger partial charge in [0.2, 0.25) is 11.9 Å². The number of rotatable bonds is 8. The van der Waals surface area contributed by atoms with Gasteiger partial charge in [-0.15, -0.1) is 0 Å². The number of ether oxygens (including phenoxy) is 3. The maximum Gasteiger partial charge on any atom is 0.321 e. The Labute approximate surface area is 186 Å². The van der Waals surface area contributed by atoms with E-state index >= 15 is 0 Å². The predicted octanol–water partition coefficient (Wildman–Crippen LogP) is 3.20. The van der Waals surface area contributed by atoms with Gasteiger partial charge < -0.3 is 18.8 Å². The maximum atomic E-state index is 13.7. The topological polar surface area (TPSA) is 82.9 Å². The average Bonchev–Trinajstić information content (AvgIpc) is 3.19. The Kier molecular flexibility index (Phi) is 6.41. The van der Waals surface area contributed by atoms with E-state index in [-0.39, 0.29) is 12.5 Å². The molecule has 32 heavy (non-hydrogen) atoms. The number of nitrogens with zero attached hydrogens (tertiary/aromatic N) is 3. The van der Waals surface area contributed by atoms with Gasteiger partial charge in [0.1, 0.15) is 5.75 Å². The summed E-state index contributed by atoms with van der Waals surface area (Å²) < 4.78 is 17.8. The summed E-state index contributed by atoms with van der Waals surface area (Å²) in [6.45, 7) is 2.82. The summed E-state index contributed by atoms with van der Waals surface area (Å²) in [5, 5.41) is 0. The molecule has 0 aliphatic carbocycles. The number of anilines is 1. The van der Waals surface area contributed by atoms with E-state index in [1.807, 2.05) is 53.1 Å². The highest BCUT2D eigenvalue weighted by molar-refractivity contribution is 6.08. The van der Waals surface area contributed by atoms with Crippen LogP contribution in [-0.4, -0.2) is 55.4 Å². The van der Waals surface area contributed by atoms with E-state index in [1.165, 1.54) is 0 Å². The van der Waals surface area contributed by atoms with Gasteiger partial charge in [0.25, 0.3) is 0 Å². The van der Waals surface area contributed by atoms with Crippen molar-refractivity contribution in [1.29, 1.82) is 0 Å². The first-order valence-corrected chi connectivity index (χ1v) is 10.7. The van der Waals surface area contributed by atoms with Crippen molar-refractivity contribution < 1.29 is 23.8 Å². The van der Waals surface area contributed by atoms with Crippen molar-refractivity contribution in [3.8, 4) is 5.75 Å². The molecule has 4 rings (SSSR count). The van der Waals surface area contributed by atoms with Gasteiger partial charge in [-0.2, -0.15) is 0 Å². The molecule has 0 radical (unpaired) electrons. The molecule has 0 fully saturated rings. The minimum atomic E-state index is -1.03. The second-order valence-corrected chi connectivity index (χ2v) is 7.55. The fraction of sp³-hybridized carbons (Fsp3) is 0.375. The van der Waals surface area contributed by atoms with Gasteiger partial charge in [-0.3, -0.25) is 14.5 Å². The number of fused-ring (bicyclic) bond motifs is 3. The van der Waals surface area contributed by atoms with Crippen LogP contribution in [0.4, 0.5) is 5.95 Å². The fourth-order valence-corrected chi connectivity index (χ4v) is 4.23. The minimum Gasteiger partial charge on any atom is -0.497 e. The number of hydrogen-bond donors (Lipinski definition) is 0. The van der Waals surface area contributed by atoms with Crippen LogP contribution in [-0.2, 0) is 19.1 Å². The lowest BCUT2D eigenvalue weighted by Gasteiger charge is -2.38. The van der Waals surface area contributed by atoms with Crippen molar-refractivity contribution >= 4 is 28.9 Å². The molecule has 0 bridgehead atoms. The van der Waals surface area contributed by atoms with Crippen molar-refractivity contribution in [3.63, 3.8) is 0 Å². The number of carbonyl (C=O) groups excluding carboxylic acids is 2. The number of hydrogen-bond acceptors (Lipinski definition) is 6. The van der Waals surface area contributed by atoms with E-state index in [9.17, 15) is 9.59 Å². The lowest BCUT2D eigenvalue weighted by molar-refractivity contribution is -0.153. The SMILES string of the molecule is CCOC(=O)[C@H]1C(=O)N(CCCOC)c2nc3ccccc3n2[C@H]1c1ccc(OC)cc1. The molecule has 1 amide bonds. The fourth-order valence-electron chi connectivity index (χ4n) is 4.23. The third kappa shape index (κ3) is 3.82. The summed E-state index contributed by atoms with van der Waals surface area (Å²) in [5.41, 5.74) is 2.41. The van der Waals surface area contributed by atoms with Gasteiger partial charge in [0.15, 0.2) is 5.92 Å². The molecule has 0 saturated carbocycles. The molecule has 0 spiro atoms. The van der Waals surface area contributed by atoms with E-state index in [1.54, 1.807) is 26.0 Å². The molecule has 2 heterocycles. The van der Waals surface area contributed by atoms with Crippen LogP contribution >= 0.6 is 0 Å². The summed E-state index contributed by atoms with van der Waals surface area (Å²) in [6, 6.07) is 14.5. The molecular formula is C24H27N3O5. The molecule has 0 unspecified atom stereocenters. The standard InChI is InChI=1S/C24H27N3O5/c1-4-32-23(29)20-21(16-10-12-17(31-3)13-11-16)27-19-9-6-5-8-18(19)25-24(27)26(22(20)28)14-7-15-30-2/h5-6,8-13,20-21H,4,7,14-15H2,1-3H3/t20-,21+/m1/s1. The zero-order chi connectivity index (χ0) is 22.7. The van der Waals surface area contributed by atoms with Gasteiger partial charge >= 0.3 is 5.97 Å². The number of amides is 1. The van der Waals surface area contributed by atoms with E-state index in [2.05, 4.69) is 0 Å². The molecular weight excluding hydrogens is 410 g/mol. The smallest absolute Gasteiger partial charge is 0.321 e. The second kappa shape index (κ2) is 9.40. The lowest BCUT2D eigenvalue weighted by Crippen LogP contribution is -2.50. The van der Waals surface area contributed by atoms with Crippen LogP contribution in [0.15, 0.2) is 48.5 Å². The first-order valence-electron chi connectivity index (χ1n) is 10.7. The highest BCUT2D eigenvalue weighted by Crippen LogP contribution is 2.41. The molecule has 3 aromatic rings. The Bertz CT molecular complexity index is 1110. The van der Waals surface area contributed by atoms with Gasteiger partial charge in [0, 0.05) is 20.3 Å². The number of carbonyl (C=O) groups is 2. The lowest BCUT2D eigenvalue weighted by atomic mass is 9.89. The van der Waals surface area contributed by atoms with E-state index < -0.39 is 17.9 Å². The summed E-state index contributed by atoms with van der Waals surface area (Å²) in [7, 11) is 3.22. The zero-order valence-electron chi connectivity index (χ0n) is 18.5. The van der Waals surface area contributed by atoms with Crippen LogP contribution in [0, 0.1) is 5.92 Å². The average molecular weight is 437 g/mol. The summed E-state index contributed by atoms with van der Waals surface area (Å²) in [4.78, 5) is 33.1. The number of benzene rings is 2. The van der Waals surface area contributed by atoms with Crippen LogP contribution in [0.2, 0.25) is 0 Å². The van der Waals surface area contributed by atoms with Crippen molar-refractivity contribution in [2.45, 2.75) is 19.4 Å². The maximum absolute atomic E-state index is 13.7. The van der Waals surface area contributed by atoms with E-state index in [4.69, 9.17) is 19.2 Å². The molecule has 8 nitrogen and oxygen atoms in total. The minimum absolute atomic E-state index is 0.194. The largest absolute Gasteiger partial charge is 0.497 e. The highest BCUT2D eigenvalue weighted by atomic mass is 16.5. The molecule has 1 aromatic heterocycles. The molecule has 2 atom stereocenters. The molecule has 1 aliphatic rings. The molecule has 2 aromatic carbocycles. The normalized spacial score (nSPS) is 18.0. The van der Waals surface area contributed by atoms with Gasteiger partial charge in [-0.05, 0) is 43.2 Å². The zero-order valence-corrected chi connectivity index (χ0v) is 18.5. The highest BCUT2D eigenvalue weighted by Gasteiger charge is 2.47. The number of esters is 1. The Hall–Kier alpha value is -3.39. The van der Waals surface area contributed by atoms with E-state index in [0.29, 0.717) is 31.3 Å². The number of methoxy groups -OCH3 is 2. The molecule has 1 aliphatic heterocycles. The molecule has 0 saturated heterocycles. The Morgan fingerprint density at radius 3 is 2.53 bits per heavy atom. The van der Waals surface area contributed by atoms with Crippen molar-refractivity contribution in [2.75, 3.05) is 38.9 Å². The molecule has 8 heteroatoms. The molecule has 0 N–H and O–H groups in total. The van der Waals surface area contributed by atoms with Crippen LogP contribution in [0.25, 0.3) is 11.0 Å². The Morgan fingerprint density at radius 2 is 1.84 bits per heavy atom. The van der Waals surface area contributed by atoms with Gasteiger partial charge in [-0.1, -0.05) is 24.3 Å². The monoisotopic (exact) mass is 437 g/mol. The quantitative estimate of drug-likeness (QED) is 0.306. The summed E-state index contributed by atoms with van der Waals surface area (Å²) in [5.74, 6) is -0.674. The first-order chi connectivity index (χ1) is 15.6. The van der Waals surface area contributed by atoms with Crippen LogP contribution in [0.5, 0.6) is 5.75 Å². The second-order valence-electron chi connectivity index (χ2n) is 7.55. The summed E-state index contributed by atoms with van der Waals surface area (Å²) in [6.07, 6.45) is 0.619. The summed E-state index contributed by atoms with van der Waals surface area (Å²) >= 11 is 0. The van der Waals surface area contributed by atoms with Crippen molar-refractivity contribution in [1.82, 2.24) is 9.55 Å². The third-order valence-corrected chi connectivity index (χ3v) is 5.67. The Balaban J connectivity index is 1.92. The van der Waals surface area contributed by atoms with Crippen LogP contribution in [0.1, 0.15) is 24.9 Å². The number of aromatic nitrogens is 2. The van der Waals surface area contributed by atoms with Crippen molar-refractivity contribution in [3.05, 3.63) is 54.1 Å². The van der Waals surface area contributed by atoms with Gasteiger partial charge in [0.05, 0.1) is 30.8 Å². The third-order valence-electron chi connectivity index (χ3n) is 5.67. The van der Waals surface area contributed by atoms with Gasteiger partial charge in [-0.25, -0.2) is 4.98 Å². The van der Waals surface area contributed by atoms with E-state index in [0.717, 1.165) is 16.6 Å². The predicted molar refractivity (Wildman–Crippen MR) is 120 cm³/mol. The van der Waals surface area contributed by atoms with Crippen LogP contribution < -0.4 is 9.64 Å². The number of imidazole rings is 1. The Morgan fingerprint density at radius 1 is 1.09 bits per heavy atom.